The quantitative estimate of drug-likeness (QED) is 0.836. The normalized spacial score (nSPS) is 10.3. The number of anilines is 2. The van der Waals surface area contributed by atoms with E-state index in [9.17, 15) is 9.59 Å². The Balaban J connectivity index is 2.03. The van der Waals surface area contributed by atoms with Gasteiger partial charge in [0.15, 0.2) is 0 Å². The molecule has 0 aliphatic heterocycles. The van der Waals surface area contributed by atoms with Crippen molar-refractivity contribution in [2.75, 3.05) is 16.8 Å². The van der Waals surface area contributed by atoms with E-state index in [-0.39, 0.29) is 24.8 Å². The van der Waals surface area contributed by atoms with Crippen LogP contribution in [0.25, 0.3) is 0 Å². The number of hydrogen-bond donors (Lipinski definition) is 1. The highest BCUT2D eigenvalue weighted by Gasteiger charge is 2.16. The minimum atomic E-state index is -0.178. The van der Waals surface area contributed by atoms with Gasteiger partial charge in [0, 0.05) is 41.3 Å². The van der Waals surface area contributed by atoms with Crippen molar-refractivity contribution in [1.82, 2.24) is 0 Å². The van der Waals surface area contributed by atoms with Gasteiger partial charge in [-0.2, -0.15) is 0 Å². The number of rotatable bonds is 5. The molecular weight excluding hydrogens is 347 g/mol. The Morgan fingerprint density at radius 2 is 1.67 bits per heavy atom. The number of carbonyl (C=O) groups is 2. The second kappa shape index (κ2) is 8.18. The predicted octanol–water partition coefficient (Wildman–Crippen LogP) is 4.68. The summed E-state index contributed by atoms with van der Waals surface area (Å²) in [5, 5.41) is 3.93. The van der Waals surface area contributed by atoms with E-state index in [1.807, 2.05) is 13.0 Å². The maximum Gasteiger partial charge on any atom is 0.226 e. The zero-order valence-corrected chi connectivity index (χ0v) is 15.0. The van der Waals surface area contributed by atoms with Gasteiger partial charge in [-0.15, -0.1) is 0 Å². The van der Waals surface area contributed by atoms with Crippen LogP contribution in [0.3, 0.4) is 0 Å². The van der Waals surface area contributed by atoms with E-state index in [0.29, 0.717) is 21.4 Å². The maximum atomic E-state index is 12.1. The van der Waals surface area contributed by atoms with Gasteiger partial charge >= 0.3 is 0 Å². The molecule has 0 radical (unpaired) electrons. The predicted molar refractivity (Wildman–Crippen MR) is 98.9 cm³/mol. The molecule has 2 aromatic rings. The lowest BCUT2D eigenvalue weighted by Gasteiger charge is -2.23. The summed E-state index contributed by atoms with van der Waals surface area (Å²) >= 11 is 11.8. The first-order valence-electron chi connectivity index (χ1n) is 7.46. The van der Waals surface area contributed by atoms with Gasteiger partial charge in [0.1, 0.15) is 0 Å². The smallest absolute Gasteiger partial charge is 0.226 e. The van der Waals surface area contributed by atoms with Crippen LogP contribution in [0.15, 0.2) is 42.5 Å². The number of aryl methyl sites for hydroxylation is 1. The van der Waals surface area contributed by atoms with Crippen molar-refractivity contribution in [3.63, 3.8) is 0 Å². The van der Waals surface area contributed by atoms with Crippen molar-refractivity contribution >= 4 is 46.4 Å². The molecule has 0 unspecified atom stereocenters. The summed E-state index contributed by atoms with van der Waals surface area (Å²) in [5.41, 5.74) is 2.31. The van der Waals surface area contributed by atoms with Crippen LogP contribution in [-0.2, 0) is 9.59 Å². The number of amides is 2. The monoisotopic (exact) mass is 364 g/mol. The molecule has 2 rings (SSSR count). The molecule has 0 atom stereocenters. The van der Waals surface area contributed by atoms with E-state index >= 15 is 0 Å². The molecule has 1 N–H and O–H groups in total. The van der Waals surface area contributed by atoms with Crippen molar-refractivity contribution in [3.8, 4) is 0 Å². The highest BCUT2D eigenvalue weighted by Crippen LogP contribution is 2.25. The van der Waals surface area contributed by atoms with Gasteiger partial charge in [-0.25, -0.2) is 0 Å². The lowest BCUT2D eigenvalue weighted by molar-refractivity contribution is -0.117. The summed E-state index contributed by atoms with van der Waals surface area (Å²) < 4.78 is 0. The van der Waals surface area contributed by atoms with Crippen LogP contribution in [0.5, 0.6) is 0 Å². The topological polar surface area (TPSA) is 49.4 Å². The molecule has 4 nitrogen and oxygen atoms in total. The molecule has 6 heteroatoms. The van der Waals surface area contributed by atoms with E-state index < -0.39 is 0 Å². The second-order valence-corrected chi connectivity index (χ2v) is 6.28. The van der Waals surface area contributed by atoms with Gasteiger partial charge in [-0.05, 0) is 48.9 Å². The first kappa shape index (κ1) is 18.3. The molecule has 2 amide bonds. The summed E-state index contributed by atoms with van der Waals surface area (Å²) in [5.74, 6) is -0.317. The molecule has 0 spiro atoms. The minimum Gasteiger partial charge on any atom is -0.326 e. The van der Waals surface area contributed by atoms with Gasteiger partial charge < -0.3 is 10.2 Å². The van der Waals surface area contributed by atoms with Gasteiger partial charge in [-0.3, -0.25) is 9.59 Å². The van der Waals surface area contributed by atoms with E-state index in [1.54, 1.807) is 41.3 Å². The number of halogens is 2. The Hall–Kier alpha value is -2.04. The molecule has 0 bridgehead atoms. The molecule has 24 heavy (non-hydrogen) atoms. The highest BCUT2D eigenvalue weighted by molar-refractivity contribution is 6.31. The number of carbonyl (C=O) groups excluding carboxylic acids is 2. The third-order valence-electron chi connectivity index (χ3n) is 3.53. The molecule has 0 aliphatic rings. The fourth-order valence-electron chi connectivity index (χ4n) is 2.29. The van der Waals surface area contributed by atoms with Crippen molar-refractivity contribution in [3.05, 3.63) is 58.1 Å². The van der Waals surface area contributed by atoms with Crippen LogP contribution < -0.4 is 10.2 Å². The Morgan fingerprint density at radius 1 is 1.04 bits per heavy atom. The molecule has 0 aliphatic carbocycles. The summed E-state index contributed by atoms with van der Waals surface area (Å²) in [7, 11) is 0. The van der Waals surface area contributed by atoms with Crippen LogP contribution in [0.4, 0.5) is 11.4 Å². The summed E-state index contributed by atoms with van der Waals surface area (Å²) in [6.07, 6.45) is 0.175. The van der Waals surface area contributed by atoms with Crippen LogP contribution >= 0.6 is 23.2 Å². The van der Waals surface area contributed by atoms with E-state index in [1.165, 1.54) is 6.92 Å². The van der Waals surface area contributed by atoms with Gasteiger partial charge in [0.2, 0.25) is 11.8 Å². The lowest BCUT2D eigenvalue weighted by atomic mass is 10.1. The van der Waals surface area contributed by atoms with E-state index in [2.05, 4.69) is 5.32 Å². The third-order valence-corrected chi connectivity index (χ3v) is 4.02. The summed E-state index contributed by atoms with van der Waals surface area (Å²) in [6.45, 7) is 3.64. The van der Waals surface area contributed by atoms with Crippen LogP contribution in [-0.4, -0.2) is 18.4 Å². The Labute approximate surface area is 151 Å². The summed E-state index contributed by atoms with van der Waals surface area (Å²) in [4.78, 5) is 25.6. The standard InChI is InChI=1S/C18H18Cl2N2O2/c1-12-3-4-15(20)11-17(12)22(13(2)23)10-9-18(24)21-16-7-5-14(19)6-8-16/h3-8,11H,9-10H2,1-2H3,(H,21,24). The first-order chi connectivity index (χ1) is 11.4. The number of nitrogens with zero attached hydrogens (tertiary/aromatic N) is 1. The SMILES string of the molecule is CC(=O)N(CCC(=O)Nc1ccc(Cl)cc1)c1cc(Cl)ccc1C. The molecule has 0 heterocycles. The van der Waals surface area contributed by atoms with Crippen molar-refractivity contribution in [2.45, 2.75) is 20.3 Å². The van der Waals surface area contributed by atoms with E-state index in [4.69, 9.17) is 23.2 Å². The highest BCUT2D eigenvalue weighted by atomic mass is 35.5. The van der Waals surface area contributed by atoms with E-state index in [0.717, 1.165) is 5.56 Å². The van der Waals surface area contributed by atoms with Gasteiger partial charge in [-0.1, -0.05) is 29.3 Å². The molecule has 2 aromatic carbocycles. The third kappa shape index (κ3) is 4.98. The largest absolute Gasteiger partial charge is 0.326 e. The fraction of sp³-hybridized carbons (Fsp3) is 0.222. The number of nitrogens with one attached hydrogen (secondary N) is 1. The molecule has 0 fully saturated rings. The van der Waals surface area contributed by atoms with Crippen molar-refractivity contribution in [1.29, 1.82) is 0 Å². The summed E-state index contributed by atoms with van der Waals surface area (Å²) in [6, 6.07) is 12.2. The number of benzene rings is 2. The number of hydrogen-bond acceptors (Lipinski definition) is 2. The first-order valence-corrected chi connectivity index (χ1v) is 8.22. The zero-order chi connectivity index (χ0) is 17.7. The van der Waals surface area contributed by atoms with Gasteiger partial charge in [0.05, 0.1) is 0 Å². The van der Waals surface area contributed by atoms with Crippen LogP contribution in [0, 0.1) is 6.92 Å². The zero-order valence-electron chi connectivity index (χ0n) is 13.5. The Bertz CT molecular complexity index is 745. The van der Waals surface area contributed by atoms with Crippen LogP contribution in [0.1, 0.15) is 18.9 Å². The average Bonchev–Trinajstić information content (AvgIpc) is 2.52. The Kier molecular flexibility index (Phi) is 6.23. The molecular formula is C18H18Cl2N2O2. The van der Waals surface area contributed by atoms with Gasteiger partial charge in [0.25, 0.3) is 0 Å². The fourth-order valence-corrected chi connectivity index (χ4v) is 2.58. The Morgan fingerprint density at radius 3 is 2.29 bits per heavy atom. The second-order valence-electron chi connectivity index (χ2n) is 5.41. The van der Waals surface area contributed by atoms with Crippen LogP contribution in [0.2, 0.25) is 10.0 Å². The molecule has 0 aromatic heterocycles. The average molecular weight is 365 g/mol. The lowest BCUT2D eigenvalue weighted by Crippen LogP contribution is -2.32. The maximum absolute atomic E-state index is 12.1. The molecule has 0 saturated heterocycles. The molecule has 0 saturated carbocycles. The van der Waals surface area contributed by atoms with Crippen molar-refractivity contribution in [2.24, 2.45) is 0 Å². The van der Waals surface area contributed by atoms with Crippen molar-refractivity contribution < 1.29 is 9.59 Å². The molecule has 126 valence electrons. The minimum absolute atomic E-state index is 0.139.